The van der Waals surface area contributed by atoms with Gasteiger partial charge >= 0.3 is 0 Å². The molecule has 0 saturated carbocycles. The smallest absolute Gasteiger partial charge is 0.259 e. The number of rotatable bonds is 4. The number of amides is 1. The van der Waals surface area contributed by atoms with Crippen LogP contribution in [0.25, 0.3) is 10.2 Å². The summed E-state index contributed by atoms with van der Waals surface area (Å²) in [5.74, 6) is -0.111. The number of aromatic nitrogens is 2. The first kappa shape index (κ1) is 19.5. The summed E-state index contributed by atoms with van der Waals surface area (Å²) in [6.45, 7) is 5.53. The Morgan fingerprint density at radius 1 is 1.33 bits per heavy atom. The van der Waals surface area contributed by atoms with E-state index in [0.717, 1.165) is 10.4 Å². The number of hydrogen-bond acceptors (Lipinski definition) is 5. The lowest BCUT2D eigenvalue weighted by molar-refractivity contribution is -0.120. The molecule has 0 saturated heterocycles. The highest BCUT2D eigenvalue weighted by Gasteiger charge is 2.14. The van der Waals surface area contributed by atoms with Gasteiger partial charge in [-0.3, -0.25) is 9.59 Å². The number of thiophene rings is 1. The predicted molar refractivity (Wildman–Crippen MR) is 110 cm³/mol. The molecule has 2 heterocycles. The van der Waals surface area contributed by atoms with Gasteiger partial charge in [0.25, 0.3) is 5.56 Å². The fourth-order valence-corrected chi connectivity index (χ4v) is 4.03. The summed E-state index contributed by atoms with van der Waals surface area (Å²) >= 11 is 13.5. The largest absolute Gasteiger partial charge is 0.309 e. The van der Waals surface area contributed by atoms with Crippen molar-refractivity contribution < 1.29 is 4.79 Å². The molecule has 0 unspecified atom stereocenters. The fraction of sp³-hybridized carbons (Fsp3) is 0.222. The third kappa shape index (κ3) is 4.21. The highest BCUT2D eigenvalue weighted by molar-refractivity contribution is 7.18. The first-order valence-corrected chi connectivity index (χ1v) is 9.61. The van der Waals surface area contributed by atoms with Crippen molar-refractivity contribution in [2.75, 3.05) is 0 Å². The van der Waals surface area contributed by atoms with E-state index in [4.69, 9.17) is 23.2 Å². The fourth-order valence-electron chi connectivity index (χ4n) is 2.56. The predicted octanol–water partition coefficient (Wildman–Crippen LogP) is 3.99. The van der Waals surface area contributed by atoms with Crippen molar-refractivity contribution in [3.8, 4) is 0 Å². The summed E-state index contributed by atoms with van der Waals surface area (Å²) in [5.41, 5.74) is 4.26. The number of fused-ring (bicyclic) bond motifs is 1. The van der Waals surface area contributed by atoms with Gasteiger partial charge in [0.05, 0.1) is 17.5 Å². The third-order valence-corrected chi connectivity index (χ3v) is 5.75. The molecule has 1 amide bonds. The Morgan fingerprint density at radius 2 is 2.07 bits per heavy atom. The zero-order valence-electron chi connectivity index (χ0n) is 14.8. The molecule has 0 bridgehead atoms. The second-order valence-corrected chi connectivity index (χ2v) is 8.06. The maximum Gasteiger partial charge on any atom is 0.259 e. The van der Waals surface area contributed by atoms with Crippen molar-refractivity contribution >= 4 is 56.4 Å². The molecule has 27 heavy (non-hydrogen) atoms. The van der Waals surface area contributed by atoms with Crippen LogP contribution in [-0.2, 0) is 11.2 Å². The Bertz CT molecular complexity index is 1130. The van der Waals surface area contributed by atoms with Crippen molar-refractivity contribution in [2.45, 2.75) is 27.2 Å². The summed E-state index contributed by atoms with van der Waals surface area (Å²) < 4.78 is 0. The molecule has 2 aromatic heterocycles. The molecule has 0 aliphatic heterocycles. The van der Waals surface area contributed by atoms with E-state index in [9.17, 15) is 9.59 Å². The van der Waals surface area contributed by atoms with Crippen LogP contribution in [0.4, 0.5) is 0 Å². The summed E-state index contributed by atoms with van der Waals surface area (Å²) in [4.78, 5) is 33.1. The van der Waals surface area contributed by atoms with E-state index in [-0.39, 0.29) is 12.0 Å². The van der Waals surface area contributed by atoms with Crippen LogP contribution in [0.2, 0.25) is 10.0 Å². The number of hydrogen-bond donors (Lipinski definition) is 2. The SMILES string of the molecule is C/C(=N\NC(=O)Cc1nc2sc(C)c(C)c2c(=O)[nH]1)c1cc(Cl)ccc1Cl. The van der Waals surface area contributed by atoms with Crippen molar-refractivity contribution in [1.82, 2.24) is 15.4 Å². The summed E-state index contributed by atoms with van der Waals surface area (Å²) in [6.07, 6.45) is -0.0960. The molecule has 1 aromatic carbocycles. The van der Waals surface area contributed by atoms with Crippen LogP contribution in [0.15, 0.2) is 28.1 Å². The van der Waals surface area contributed by atoms with Gasteiger partial charge < -0.3 is 4.98 Å². The number of carbonyl (C=O) groups is 1. The molecule has 2 N–H and O–H groups in total. The quantitative estimate of drug-likeness (QED) is 0.491. The maximum atomic E-state index is 12.3. The molecule has 0 radical (unpaired) electrons. The standard InChI is InChI=1S/C18H16Cl2N4O2S/c1-8-10(3)27-18-16(8)17(26)21-14(22-18)7-15(25)24-23-9(2)12-6-11(19)4-5-13(12)20/h4-6H,7H2,1-3H3,(H,24,25)(H,21,22,26)/b23-9+. The molecule has 0 aliphatic rings. The summed E-state index contributed by atoms with van der Waals surface area (Å²) in [5, 5.41) is 5.63. The number of H-pyrrole nitrogens is 1. The third-order valence-electron chi connectivity index (χ3n) is 4.08. The van der Waals surface area contributed by atoms with E-state index >= 15 is 0 Å². The van der Waals surface area contributed by atoms with E-state index in [2.05, 4.69) is 20.5 Å². The van der Waals surface area contributed by atoms with E-state index in [0.29, 0.717) is 37.4 Å². The minimum absolute atomic E-state index is 0.0960. The number of hydrazone groups is 1. The number of benzene rings is 1. The molecule has 3 rings (SSSR count). The Kier molecular flexibility index (Phi) is 5.64. The topological polar surface area (TPSA) is 87.2 Å². The number of aryl methyl sites for hydroxylation is 2. The molecule has 3 aromatic rings. The van der Waals surface area contributed by atoms with Crippen LogP contribution in [-0.4, -0.2) is 21.6 Å². The molecule has 0 fully saturated rings. The highest BCUT2D eigenvalue weighted by atomic mass is 35.5. The highest BCUT2D eigenvalue weighted by Crippen LogP contribution is 2.25. The number of nitrogens with zero attached hydrogens (tertiary/aromatic N) is 2. The molecule has 0 atom stereocenters. The molecule has 9 heteroatoms. The molecule has 0 aliphatic carbocycles. The number of halogens is 2. The van der Waals surface area contributed by atoms with Gasteiger partial charge in [-0.05, 0) is 44.5 Å². The zero-order valence-corrected chi connectivity index (χ0v) is 17.1. The average molecular weight is 423 g/mol. The number of aromatic amines is 1. The normalized spacial score (nSPS) is 11.8. The Labute approximate surface area is 169 Å². The lowest BCUT2D eigenvalue weighted by Gasteiger charge is -2.05. The van der Waals surface area contributed by atoms with Gasteiger partial charge in [-0.25, -0.2) is 10.4 Å². The van der Waals surface area contributed by atoms with Crippen LogP contribution in [0, 0.1) is 13.8 Å². The van der Waals surface area contributed by atoms with Gasteiger partial charge in [0, 0.05) is 20.5 Å². The van der Waals surface area contributed by atoms with Crippen molar-refractivity contribution in [1.29, 1.82) is 0 Å². The molecular weight excluding hydrogens is 407 g/mol. The van der Waals surface area contributed by atoms with Crippen LogP contribution >= 0.6 is 34.5 Å². The summed E-state index contributed by atoms with van der Waals surface area (Å²) in [7, 11) is 0. The number of carbonyl (C=O) groups excluding carboxylic acids is 1. The van der Waals surface area contributed by atoms with Crippen LogP contribution in [0.1, 0.15) is 28.8 Å². The Hall–Kier alpha value is -2.22. The van der Waals surface area contributed by atoms with E-state index in [1.807, 2.05) is 13.8 Å². The van der Waals surface area contributed by atoms with E-state index in [1.54, 1.807) is 25.1 Å². The van der Waals surface area contributed by atoms with E-state index < -0.39 is 5.91 Å². The molecule has 6 nitrogen and oxygen atoms in total. The first-order chi connectivity index (χ1) is 12.8. The van der Waals surface area contributed by atoms with Crippen molar-refractivity contribution in [3.05, 3.63) is 60.4 Å². The molecule has 0 spiro atoms. The summed E-state index contributed by atoms with van der Waals surface area (Å²) in [6, 6.07) is 5.00. The van der Waals surface area contributed by atoms with Crippen LogP contribution in [0.3, 0.4) is 0 Å². The van der Waals surface area contributed by atoms with Crippen LogP contribution < -0.4 is 11.0 Å². The second-order valence-electron chi connectivity index (χ2n) is 6.01. The Balaban J connectivity index is 1.77. The Morgan fingerprint density at radius 3 is 2.81 bits per heavy atom. The maximum absolute atomic E-state index is 12.3. The minimum atomic E-state index is -0.403. The molecular formula is C18H16Cl2N4O2S. The van der Waals surface area contributed by atoms with Gasteiger partial charge in [0.1, 0.15) is 10.7 Å². The monoisotopic (exact) mass is 422 g/mol. The second kappa shape index (κ2) is 7.80. The molecule has 140 valence electrons. The van der Waals surface area contributed by atoms with Crippen molar-refractivity contribution in [3.63, 3.8) is 0 Å². The number of nitrogens with one attached hydrogen (secondary N) is 2. The van der Waals surface area contributed by atoms with Crippen molar-refractivity contribution in [2.24, 2.45) is 5.10 Å². The lowest BCUT2D eigenvalue weighted by atomic mass is 10.1. The van der Waals surface area contributed by atoms with E-state index in [1.165, 1.54) is 11.3 Å². The zero-order chi connectivity index (χ0) is 19.7. The van der Waals surface area contributed by atoms with Crippen LogP contribution in [0.5, 0.6) is 0 Å². The van der Waals surface area contributed by atoms with Gasteiger partial charge in [-0.2, -0.15) is 5.10 Å². The first-order valence-electron chi connectivity index (χ1n) is 8.03. The average Bonchev–Trinajstić information content (AvgIpc) is 2.89. The minimum Gasteiger partial charge on any atom is -0.309 e. The lowest BCUT2D eigenvalue weighted by Crippen LogP contribution is -2.24. The van der Waals surface area contributed by atoms with Gasteiger partial charge in [-0.15, -0.1) is 11.3 Å². The van der Waals surface area contributed by atoms with Gasteiger partial charge in [0.2, 0.25) is 5.91 Å². The van der Waals surface area contributed by atoms with Gasteiger partial charge in [-0.1, -0.05) is 23.2 Å². The van der Waals surface area contributed by atoms with Gasteiger partial charge in [0.15, 0.2) is 0 Å².